The Morgan fingerprint density at radius 2 is 0.339 bits per heavy atom. The van der Waals surface area contributed by atoms with Gasteiger partial charge in [-0.3, -0.25) is 0 Å². The third-order valence-electron chi connectivity index (χ3n) is 26.2. The number of rotatable bonds is 22. The minimum Gasteiger partial charge on any atom is -0.494 e. The highest BCUT2D eigenvalue weighted by Gasteiger charge is 2.27. The van der Waals surface area contributed by atoms with Crippen LogP contribution in [0.1, 0.15) is 203 Å². The zero-order valence-corrected chi connectivity index (χ0v) is 77.2. The van der Waals surface area contributed by atoms with Crippen molar-refractivity contribution in [3.05, 3.63) is 316 Å². The van der Waals surface area contributed by atoms with Gasteiger partial charge in [-0.25, -0.2) is 19.9 Å². The summed E-state index contributed by atoms with van der Waals surface area (Å²) in [4.78, 5) is 38.9. The van der Waals surface area contributed by atoms with Crippen molar-refractivity contribution in [2.75, 3.05) is 13.2 Å². The van der Waals surface area contributed by atoms with Crippen molar-refractivity contribution in [1.82, 2.24) is 39.9 Å². The molecule has 0 unspecified atom stereocenters. The molecule has 636 valence electrons. The van der Waals surface area contributed by atoms with Gasteiger partial charge in [0, 0.05) is 88.6 Å². The first-order chi connectivity index (χ1) is 61.3. The molecule has 0 atom stereocenters. The number of H-pyrrole nitrogens is 4. The number of nitrogens with zero attached hydrogens (tertiary/aromatic N) is 4. The zero-order valence-electron chi connectivity index (χ0n) is 77.2. The Morgan fingerprint density at radius 3 is 0.520 bits per heavy atom. The number of benzene rings is 8. The minimum atomic E-state index is 0.669. The maximum Gasteiger partial charge on any atom is 0.119 e. The molecule has 16 bridgehead atoms. The van der Waals surface area contributed by atoms with Crippen LogP contribution in [-0.4, -0.2) is 53.1 Å². The average Bonchev–Trinajstić information content (AvgIpc) is 1.63. The van der Waals surface area contributed by atoms with Crippen LogP contribution in [0.3, 0.4) is 0 Å². The van der Waals surface area contributed by atoms with Gasteiger partial charge < -0.3 is 29.4 Å². The molecule has 127 heavy (non-hydrogen) atoms. The first-order valence-electron chi connectivity index (χ1n) is 45.6. The molecule has 6 aromatic heterocycles. The van der Waals surface area contributed by atoms with Gasteiger partial charge in [-0.2, -0.15) is 0 Å². The number of hydrogen-bond donors (Lipinski definition) is 4. The average molecular weight is 1670 g/mol. The summed E-state index contributed by atoms with van der Waals surface area (Å²) < 4.78 is 13.1. The van der Waals surface area contributed by atoms with E-state index in [1.807, 2.05) is 0 Å². The van der Waals surface area contributed by atoms with Gasteiger partial charge in [-0.15, -0.1) is 0 Å². The summed E-state index contributed by atoms with van der Waals surface area (Å²) >= 11 is 0. The number of fused-ring (bicyclic) bond motifs is 16. The first-order valence-corrected chi connectivity index (χ1v) is 45.6. The van der Waals surface area contributed by atoms with Gasteiger partial charge in [-0.05, 0) is 370 Å². The van der Waals surface area contributed by atoms with Gasteiger partial charge in [-0.1, -0.05) is 175 Å². The highest BCUT2D eigenvalue weighted by atomic mass is 16.5. The number of aromatic amines is 4. The molecular formula is C117H116N8O2. The second kappa shape index (κ2) is 35.2. The number of ether oxygens (including phenoxy) is 2. The van der Waals surface area contributed by atoms with Crippen LogP contribution < -0.4 is 9.47 Å². The van der Waals surface area contributed by atoms with E-state index in [1.165, 1.54) is 166 Å². The summed E-state index contributed by atoms with van der Waals surface area (Å²) in [6.07, 6.45) is 28.0. The van der Waals surface area contributed by atoms with E-state index in [2.05, 4.69) is 363 Å². The van der Waals surface area contributed by atoms with E-state index < -0.39 is 0 Å². The summed E-state index contributed by atoms with van der Waals surface area (Å²) in [5.41, 5.74) is 54.6. The van der Waals surface area contributed by atoms with E-state index in [9.17, 15) is 0 Å². The van der Waals surface area contributed by atoms with Crippen LogP contribution in [0.15, 0.2) is 170 Å². The Bertz CT molecular complexity index is 6620. The highest BCUT2D eigenvalue weighted by Crippen LogP contribution is 2.47. The van der Waals surface area contributed by atoms with Crippen LogP contribution in [0.5, 0.6) is 11.5 Å². The predicted octanol–water partition coefficient (Wildman–Crippen LogP) is 31.5. The molecule has 0 amide bonds. The van der Waals surface area contributed by atoms with Gasteiger partial charge in [0.1, 0.15) is 11.5 Å². The number of aromatic nitrogens is 8. The zero-order chi connectivity index (χ0) is 88.3. The molecule has 10 nitrogen and oxygen atoms in total. The van der Waals surface area contributed by atoms with Gasteiger partial charge >= 0.3 is 0 Å². The Hall–Kier alpha value is -13.4. The molecule has 4 N–H and O–H groups in total. The van der Waals surface area contributed by atoms with Crippen molar-refractivity contribution in [2.45, 2.75) is 182 Å². The Labute approximate surface area is 749 Å². The largest absolute Gasteiger partial charge is 0.494 e. The lowest BCUT2D eigenvalue weighted by Crippen LogP contribution is -1.98. The van der Waals surface area contributed by atoms with Crippen LogP contribution >= 0.6 is 0 Å². The fraction of sp³-hybridized carbons (Fsp3) is 0.248. The lowest BCUT2D eigenvalue weighted by atomic mass is 9.92. The lowest BCUT2D eigenvalue weighted by Gasteiger charge is -2.14. The summed E-state index contributed by atoms with van der Waals surface area (Å²) in [5.74, 6) is 1.72. The Morgan fingerprint density at radius 1 is 0.181 bits per heavy atom. The predicted molar refractivity (Wildman–Crippen MR) is 539 cm³/mol. The van der Waals surface area contributed by atoms with Crippen molar-refractivity contribution in [3.63, 3.8) is 0 Å². The molecular weight excluding hydrogens is 1550 g/mol. The van der Waals surface area contributed by atoms with Crippen molar-refractivity contribution in [1.29, 1.82) is 0 Å². The molecule has 4 aliphatic heterocycles. The SMILES string of the molecule is Cc1cc(C)c(-c2c3nc(c(-c4c(C)cc(C)cc4C)c4ccc([nH]4)c(-c4c(C)cc(C)cc4C)c4nc(c(-c5ccc(OCCCCCCCCCCCOc6ccc(-c7c8nc(c(-c9c(C)cc(C)cc9C)c9ccc([nH]9)c(-c9c(C)cc(C)cc9C)c9nc(c(-c%10c(C)cc(C)cc%10C)c%10ccc7[nH]%10)C=C9)C=C8)cc6)cc5)c5ccc2[nH]5)C=C4)C=C3)c(C)c1. The molecule has 10 heterocycles. The smallest absolute Gasteiger partial charge is 0.119 e. The number of hydrogen-bond acceptors (Lipinski definition) is 6. The molecule has 0 saturated heterocycles. The fourth-order valence-corrected chi connectivity index (χ4v) is 21.3. The van der Waals surface area contributed by atoms with E-state index in [4.69, 9.17) is 29.4 Å². The van der Waals surface area contributed by atoms with Gasteiger partial charge in [0.25, 0.3) is 0 Å². The van der Waals surface area contributed by atoms with Crippen LogP contribution in [0.2, 0.25) is 0 Å². The van der Waals surface area contributed by atoms with E-state index in [0.717, 1.165) is 183 Å². The summed E-state index contributed by atoms with van der Waals surface area (Å²) in [6, 6.07) is 62.7. The molecule has 0 aliphatic carbocycles. The second-order valence-corrected chi connectivity index (χ2v) is 36.6. The minimum absolute atomic E-state index is 0.669. The molecule has 0 saturated carbocycles. The van der Waals surface area contributed by atoms with Crippen LogP contribution in [-0.2, 0) is 0 Å². The molecule has 0 fully saturated rings. The number of unbranched alkanes of at least 4 members (excludes halogenated alkanes) is 8. The maximum atomic E-state index is 6.53. The second-order valence-electron chi connectivity index (χ2n) is 36.6. The molecule has 14 aromatic rings. The van der Waals surface area contributed by atoms with Gasteiger partial charge in [0.05, 0.1) is 58.8 Å². The normalized spacial score (nSPS) is 12.2. The van der Waals surface area contributed by atoms with Crippen molar-refractivity contribution in [2.24, 2.45) is 0 Å². The van der Waals surface area contributed by atoms with E-state index >= 15 is 0 Å². The standard InChI is InChI=1S/C117H116N8O2/c1-66-54-72(7)104(73(8)55-66)112-92-40-36-88(118-92)110(89-37-41-93(119-89)113(105-74(9)56-67(2)57-75(105)10)97-45-49-101(123-97)116(100-48-44-96(112)122-100)108-80(15)62-70(5)63-81(108)16)84-28-32-86(33-29-84)126-52-26-24-22-20-19-21-23-25-27-53-127-87-34-30-85(31-35-87)111-90-38-42-94(120-90)114(106-76(11)58-68(3)59-77(106)12)98-46-50-102(124-98)117(109-82(17)64-71(6)65-83(109)18)103-51-47-99(125-103)115(95-43-39-91(111)121-95)107-78(13)60-69(4)61-79(107)14/h28-51,54-65,118,120,123,125H,19-27,52-53H2,1-18H3. The van der Waals surface area contributed by atoms with Crippen molar-refractivity contribution < 1.29 is 9.47 Å². The fourth-order valence-electron chi connectivity index (χ4n) is 21.3. The first kappa shape index (κ1) is 84.4. The van der Waals surface area contributed by atoms with E-state index in [-0.39, 0.29) is 0 Å². The monoisotopic (exact) mass is 1660 g/mol. The third kappa shape index (κ3) is 16.8. The molecule has 18 rings (SSSR count). The molecule has 8 aromatic carbocycles. The van der Waals surface area contributed by atoms with Gasteiger partial charge in [0.2, 0.25) is 0 Å². The lowest BCUT2D eigenvalue weighted by molar-refractivity contribution is 0.302. The van der Waals surface area contributed by atoms with Crippen molar-refractivity contribution in [3.8, 4) is 101 Å². The van der Waals surface area contributed by atoms with Crippen LogP contribution in [0.4, 0.5) is 0 Å². The summed E-state index contributed by atoms with van der Waals surface area (Å²) in [6.45, 7) is 41.2. The third-order valence-corrected chi connectivity index (χ3v) is 26.2. The molecule has 0 radical (unpaired) electrons. The Kier molecular flexibility index (Phi) is 23.4. The van der Waals surface area contributed by atoms with E-state index in [0.29, 0.717) is 13.2 Å². The summed E-state index contributed by atoms with van der Waals surface area (Å²) in [5, 5.41) is 0. The topological polar surface area (TPSA) is 133 Å². The number of aryl methyl sites for hydroxylation is 18. The van der Waals surface area contributed by atoms with Crippen molar-refractivity contribution >= 4 is 92.7 Å². The van der Waals surface area contributed by atoms with Crippen LogP contribution in [0, 0.1) is 125 Å². The molecule has 0 spiro atoms. The highest BCUT2D eigenvalue weighted by molar-refractivity contribution is 6.05. The van der Waals surface area contributed by atoms with E-state index in [1.54, 1.807) is 0 Å². The quantitative estimate of drug-likeness (QED) is 0.0500. The number of nitrogens with one attached hydrogen (secondary N) is 4. The van der Waals surface area contributed by atoms with Crippen LogP contribution in [0.25, 0.3) is 182 Å². The maximum absolute atomic E-state index is 6.53. The summed E-state index contributed by atoms with van der Waals surface area (Å²) in [7, 11) is 0. The Balaban J connectivity index is 0.558. The van der Waals surface area contributed by atoms with Gasteiger partial charge in [0.15, 0.2) is 0 Å². The molecule has 4 aliphatic rings. The molecule has 10 heteroatoms.